The van der Waals surface area contributed by atoms with E-state index in [0.29, 0.717) is 0 Å². The van der Waals surface area contributed by atoms with Crippen molar-refractivity contribution in [3.63, 3.8) is 0 Å². The van der Waals surface area contributed by atoms with Crippen molar-refractivity contribution in [1.29, 1.82) is 0 Å². The summed E-state index contributed by atoms with van der Waals surface area (Å²) in [5.74, 6) is -1.35. The van der Waals surface area contributed by atoms with Crippen LogP contribution in [0.25, 0.3) is 0 Å². The summed E-state index contributed by atoms with van der Waals surface area (Å²) in [6.07, 6.45) is 0.368. The average molecular weight is 175 g/mol. The Morgan fingerprint density at radius 2 is 2.17 bits per heavy atom. The molecule has 0 saturated carbocycles. The molecule has 0 rings (SSSR count). The Morgan fingerprint density at radius 3 is 2.50 bits per heavy atom. The summed E-state index contributed by atoms with van der Waals surface area (Å²) in [6.45, 7) is 0. The summed E-state index contributed by atoms with van der Waals surface area (Å²) in [5.41, 5.74) is 0. The third kappa shape index (κ3) is 3.92. The first kappa shape index (κ1) is 10.9. The molecule has 0 bridgehead atoms. The molecule has 0 amide bonds. The minimum Gasteiger partial charge on any atom is -0.480 e. The molecule has 5 heteroatoms. The fraction of sp³-hybridized carbons (Fsp3) is 0.714. The highest BCUT2D eigenvalue weighted by Gasteiger charge is 2.15. The van der Waals surface area contributed by atoms with Crippen LogP contribution in [-0.4, -0.2) is 37.2 Å². The Kier molecular flexibility index (Phi) is 5.03. The van der Waals surface area contributed by atoms with Gasteiger partial charge in [0.25, 0.3) is 0 Å². The van der Waals surface area contributed by atoms with Gasteiger partial charge in [0.1, 0.15) is 6.04 Å². The number of carboxylic acids is 1. The van der Waals surface area contributed by atoms with Gasteiger partial charge < -0.3 is 15.2 Å². The third-order valence-electron chi connectivity index (χ3n) is 1.51. The van der Waals surface area contributed by atoms with Crippen molar-refractivity contribution in [2.75, 3.05) is 14.2 Å². The summed E-state index contributed by atoms with van der Waals surface area (Å²) in [6, 6.07) is -0.677. The maximum atomic E-state index is 10.6. The van der Waals surface area contributed by atoms with E-state index < -0.39 is 18.0 Å². The molecule has 0 fully saturated rings. The van der Waals surface area contributed by atoms with Crippen LogP contribution in [0.15, 0.2) is 0 Å². The number of carboxylic acid groups (broad SMARTS) is 1. The maximum Gasteiger partial charge on any atom is 0.320 e. The van der Waals surface area contributed by atoms with Gasteiger partial charge in [0.05, 0.1) is 7.11 Å². The molecular weight excluding hydrogens is 162 g/mol. The Labute approximate surface area is 70.7 Å². The van der Waals surface area contributed by atoms with Crippen LogP contribution in [0.2, 0.25) is 0 Å². The van der Waals surface area contributed by atoms with E-state index >= 15 is 0 Å². The average Bonchev–Trinajstić information content (AvgIpc) is 2.04. The number of carbonyl (C=O) groups is 2. The first-order chi connectivity index (χ1) is 5.61. The largest absolute Gasteiger partial charge is 0.480 e. The number of hydrogen-bond donors (Lipinski definition) is 2. The van der Waals surface area contributed by atoms with Crippen LogP contribution in [0.3, 0.4) is 0 Å². The lowest BCUT2D eigenvalue weighted by molar-refractivity contribution is -0.142. The van der Waals surface area contributed by atoms with Crippen molar-refractivity contribution in [2.24, 2.45) is 0 Å². The molecule has 0 aliphatic heterocycles. The second-order valence-electron chi connectivity index (χ2n) is 2.29. The van der Waals surface area contributed by atoms with Crippen molar-refractivity contribution >= 4 is 11.9 Å². The second kappa shape index (κ2) is 5.54. The first-order valence-corrected chi connectivity index (χ1v) is 3.58. The highest BCUT2D eigenvalue weighted by Crippen LogP contribution is 1.98. The van der Waals surface area contributed by atoms with E-state index in [4.69, 9.17) is 5.11 Å². The van der Waals surface area contributed by atoms with E-state index in [-0.39, 0.29) is 12.8 Å². The molecule has 0 heterocycles. The summed E-state index contributed by atoms with van der Waals surface area (Å²) >= 11 is 0. The molecule has 0 unspecified atom stereocenters. The highest BCUT2D eigenvalue weighted by molar-refractivity contribution is 5.75. The molecule has 0 spiro atoms. The number of carbonyl (C=O) groups excluding carboxylic acids is 1. The van der Waals surface area contributed by atoms with Gasteiger partial charge in [0.15, 0.2) is 0 Å². The zero-order chi connectivity index (χ0) is 9.56. The van der Waals surface area contributed by atoms with Crippen LogP contribution < -0.4 is 5.32 Å². The zero-order valence-corrected chi connectivity index (χ0v) is 7.16. The van der Waals surface area contributed by atoms with Crippen molar-refractivity contribution in [3.8, 4) is 0 Å². The lowest BCUT2D eigenvalue weighted by atomic mass is 10.1. The Morgan fingerprint density at radius 1 is 1.58 bits per heavy atom. The standard InChI is InChI=1S/C7H13NO4/c1-8-5(7(10)11)3-4-6(9)12-2/h5,8H,3-4H2,1-2H3,(H,10,11)/t5-/m1/s1. The normalized spacial score (nSPS) is 12.2. The molecule has 0 aromatic rings. The number of hydrogen-bond acceptors (Lipinski definition) is 4. The van der Waals surface area contributed by atoms with E-state index in [1.807, 2.05) is 0 Å². The lowest BCUT2D eigenvalue weighted by Gasteiger charge is -2.08. The van der Waals surface area contributed by atoms with E-state index in [1.165, 1.54) is 14.2 Å². The van der Waals surface area contributed by atoms with Crippen LogP contribution in [0.4, 0.5) is 0 Å². The van der Waals surface area contributed by atoms with Gasteiger partial charge in [-0.1, -0.05) is 0 Å². The molecule has 0 radical (unpaired) electrons. The number of likely N-dealkylation sites (N-methyl/N-ethyl adjacent to an activating group) is 1. The predicted molar refractivity (Wildman–Crippen MR) is 41.7 cm³/mol. The summed E-state index contributed by atoms with van der Waals surface area (Å²) in [7, 11) is 2.81. The highest BCUT2D eigenvalue weighted by atomic mass is 16.5. The molecule has 0 aliphatic rings. The lowest BCUT2D eigenvalue weighted by Crippen LogP contribution is -2.34. The fourth-order valence-corrected chi connectivity index (χ4v) is 0.756. The molecular formula is C7H13NO4. The molecule has 1 atom stereocenters. The summed E-state index contributed by atoms with van der Waals surface area (Å²) in [5, 5.41) is 11.1. The zero-order valence-electron chi connectivity index (χ0n) is 7.16. The summed E-state index contributed by atoms with van der Waals surface area (Å²) < 4.78 is 4.37. The molecule has 0 saturated heterocycles. The van der Waals surface area contributed by atoms with E-state index in [9.17, 15) is 9.59 Å². The Hall–Kier alpha value is -1.10. The van der Waals surface area contributed by atoms with Gasteiger partial charge in [-0.15, -0.1) is 0 Å². The molecule has 5 nitrogen and oxygen atoms in total. The molecule has 0 aromatic carbocycles. The van der Waals surface area contributed by atoms with Gasteiger partial charge >= 0.3 is 11.9 Å². The fourth-order valence-electron chi connectivity index (χ4n) is 0.756. The minimum absolute atomic E-state index is 0.119. The van der Waals surface area contributed by atoms with Crippen LogP contribution >= 0.6 is 0 Å². The monoisotopic (exact) mass is 175 g/mol. The molecule has 12 heavy (non-hydrogen) atoms. The van der Waals surface area contributed by atoms with Crippen molar-refractivity contribution in [1.82, 2.24) is 5.32 Å². The van der Waals surface area contributed by atoms with Crippen LogP contribution in [-0.2, 0) is 14.3 Å². The molecule has 0 aliphatic carbocycles. The SMILES string of the molecule is CN[C@H](CCC(=O)OC)C(=O)O. The van der Waals surface area contributed by atoms with Crippen molar-refractivity contribution in [3.05, 3.63) is 0 Å². The number of methoxy groups -OCH3 is 1. The second-order valence-corrected chi connectivity index (χ2v) is 2.29. The van der Waals surface area contributed by atoms with Gasteiger partial charge in [0, 0.05) is 6.42 Å². The molecule has 0 aromatic heterocycles. The molecule has 2 N–H and O–H groups in total. The van der Waals surface area contributed by atoms with Crippen LogP contribution in [0.1, 0.15) is 12.8 Å². The topological polar surface area (TPSA) is 75.6 Å². The van der Waals surface area contributed by atoms with Gasteiger partial charge in [0.2, 0.25) is 0 Å². The van der Waals surface area contributed by atoms with Crippen molar-refractivity contribution in [2.45, 2.75) is 18.9 Å². The predicted octanol–water partition coefficient (Wildman–Crippen LogP) is -0.388. The van der Waals surface area contributed by atoms with E-state index in [0.717, 1.165) is 0 Å². The number of nitrogens with one attached hydrogen (secondary N) is 1. The maximum absolute atomic E-state index is 10.6. The van der Waals surface area contributed by atoms with Crippen LogP contribution in [0.5, 0.6) is 0 Å². The van der Waals surface area contributed by atoms with Gasteiger partial charge in [-0.3, -0.25) is 9.59 Å². The number of ether oxygens (including phenoxy) is 1. The number of rotatable bonds is 5. The minimum atomic E-state index is -0.957. The van der Waals surface area contributed by atoms with Crippen molar-refractivity contribution < 1.29 is 19.4 Å². The summed E-state index contributed by atoms with van der Waals surface area (Å²) in [4.78, 5) is 21.0. The smallest absolute Gasteiger partial charge is 0.320 e. The molecule has 70 valence electrons. The third-order valence-corrected chi connectivity index (χ3v) is 1.51. The number of aliphatic carboxylic acids is 1. The number of esters is 1. The quantitative estimate of drug-likeness (QED) is 0.557. The van der Waals surface area contributed by atoms with Gasteiger partial charge in [-0.05, 0) is 13.5 Å². The van der Waals surface area contributed by atoms with Gasteiger partial charge in [-0.2, -0.15) is 0 Å². The first-order valence-electron chi connectivity index (χ1n) is 3.58. The van der Waals surface area contributed by atoms with Gasteiger partial charge in [-0.25, -0.2) is 0 Å². The van der Waals surface area contributed by atoms with E-state index in [2.05, 4.69) is 10.1 Å². The Bertz CT molecular complexity index is 169. The van der Waals surface area contributed by atoms with E-state index in [1.54, 1.807) is 0 Å². The van der Waals surface area contributed by atoms with Crippen LogP contribution in [0, 0.1) is 0 Å². The Balaban J connectivity index is 3.73.